The number of hydrogen-bond acceptors (Lipinski definition) is 4. The van der Waals surface area contributed by atoms with Crippen LogP contribution in [-0.4, -0.2) is 30.3 Å². The summed E-state index contributed by atoms with van der Waals surface area (Å²) in [6, 6.07) is 9.80. The van der Waals surface area contributed by atoms with Crippen molar-refractivity contribution >= 4 is 22.4 Å². The lowest BCUT2D eigenvalue weighted by Gasteiger charge is -2.27. The largest absolute Gasteiger partial charge is 0.329 e. The Hall–Kier alpha value is -1.41. The van der Waals surface area contributed by atoms with Crippen LogP contribution >= 0.6 is 12.4 Å². The second-order valence-corrected chi connectivity index (χ2v) is 7.84. The molecule has 24 heavy (non-hydrogen) atoms. The molecule has 0 radical (unpaired) electrons. The Morgan fingerprint density at radius 1 is 1.21 bits per heavy atom. The van der Waals surface area contributed by atoms with Gasteiger partial charge in [0.1, 0.15) is 4.90 Å². The van der Waals surface area contributed by atoms with Crippen molar-refractivity contribution < 1.29 is 8.42 Å². The highest BCUT2D eigenvalue weighted by atomic mass is 35.5. The Labute approximate surface area is 148 Å². The highest BCUT2D eigenvalue weighted by molar-refractivity contribution is 7.89. The van der Waals surface area contributed by atoms with Crippen LogP contribution in [0.15, 0.2) is 47.6 Å². The zero-order valence-electron chi connectivity index (χ0n) is 13.4. The van der Waals surface area contributed by atoms with Crippen LogP contribution in [0.3, 0.4) is 0 Å². The van der Waals surface area contributed by atoms with E-state index in [-0.39, 0.29) is 17.3 Å². The molecular formula is C16H23ClN4O2S. The summed E-state index contributed by atoms with van der Waals surface area (Å²) >= 11 is 0. The van der Waals surface area contributed by atoms with Gasteiger partial charge >= 0.3 is 0 Å². The van der Waals surface area contributed by atoms with E-state index in [1.807, 2.05) is 30.3 Å². The topological polar surface area (TPSA) is 90.0 Å². The predicted molar refractivity (Wildman–Crippen MR) is 95.6 cm³/mol. The Morgan fingerprint density at radius 2 is 1.88 bits per heavy atom. The molecule has 0 amide bonds. The van der Waals surface area contributed by atoms with E-state index < -0.39 is 15.6 Å². The zero-order valence-corrected chi connectivity index (χ0v) is 15.0. The molecule has 2 aromatic rings. The first-order chi connectivity index (χ1) is 11.0. The maximum atomic E-state index is 12.6. The number of nitrogens with two attached hydrogens (primary N) is 1. The molecule has 1 aromatic carbocycles. The molecule has 8 heteroatoms. The summed E-state index contributed by atoms with van der Waals surface area (Å²) in [6.45, 7) is 0.864. The summed E-state index contributed by atoms with van der Waals surface area (Å²) in [5, 5.41) is 4.17. The van der Waals surface area contributed by atoms with Crippen LogP contribution < -0.4 is 10.5 Å². The minimum Gasteiger partial charge on any atom is -0.329 e. The smallest absolute Gasteiger partial charge is 0.244 e. The summed E-state index contributed by atoms with van der Waals surface area (Å²) in [5.74, 6) is 0. The molecule has 1 fully saturated rings. The van der Waals surface area contributed by atoms with Gasteiger partial charge in [0.05, 0.1) is 12.7 Å². The summed E-state index contributed by atoms with van der Waals surface area (Å²) in [7, 11) is -3.60. The van der Waals surface area contributed by atoms with E-state index in [1.165, 1.54) is 6.20 Å². The molecule has 0 saturated heterocycles. The molecule has 1 aromatic heterocycles. The van der Waals surface area contributed by atoms with E-state index in [1.54, 1.807) is 10.9 Å². The number of halogens is 1. The van der Waals surface area contributed by atoms with Gasteiger partial charge in [-0.2, -0.15) is 5.10 Å². The number of nitrogens with zero attached hydrogens (tertiary/aromatic N) is 2. The average molecular weight is 371 g/mol. The number of sulfonamides is 1. The van der Waals surface area contributed by atoms with Crippen molar-refractivity contribution in [3.63, 3.8) is 0 Å². The van der Waals surface area contributed by atoms with Gasteiger partial charge in [-0.1, -0.05) is 43.2 Å². The molecule has 1 heterocycles. The Morgan fingerprint density at radius 3 is 2.50 bits per heavy atom. The van der Waals surface area contributed by atoms with E-state index in [0.29, 0.717) is 13.1 Å². The van der Waals surface area contributed by atoms with Gasteiger partial charge in [-0.3, -0.25) is 4.68 Å². The highest BCUT2D eigenvalue weighted by Crippen LogP contribution is 2.30. The van der Waals surface area contributed by atoms with Gasteiger partial charge in [-0.05, 0) is 18.4 Å². The number of nitrogens with one attached hydrogen (secondary N) is 1. The second kappa shape index (κ2) is 7.65. The van der Waals surface area contributed by atoms with Crippen molar-refractivity contribution in [3.05, 3.63) is 48.3 Å². The number of rotatable bonds is 6. The van der Waals surface area contributed by atoms with Gasteiger partial charge in [0.2, 0.25) is 10.0 Å². The van der Waals surface area contributed by atoms with Crippen LogP contribution in [0.1, 0.15) is 31.2 Å². The first-order valence-corrected chi connectivity index (χ1v) is 9.32. The van der Waals surface area contributed by atoms with Gasteiger partial charge in [-0.15, -0.1) is 12.4 Å². The Kier molecular flexibility index (Phi) is 6.03. The third kappa shape index (κ3) is 4.16. The van der Waals surface area contributed by atoms with Crippen LogP contribution in [0.2, 0.25) is 0 Å². The fourth-order valence-corrected chi connectivity index (χ4v) is 4.51. The predicted octanol–water partition coefficient (Wildman–Crippen LogP) is 1.90. The lowest BCUT2D eigenvalue weighted by atomic mass is 10.0. The van der Waals surface area contributed by atoms with Crippen LogP contribution in [0, 0.1) is 0 Å². The third-order valence-corrected chi connectivity index (χ3v) is 5.94. The fraction of sp³-hybridized carbons (Fsp3) is 0.438. The van der Waals surface area contributed by atoms with Gasteiger partial charge < -0.3 is 5.73 Å². The van der Waals surface area contributed by atoms with Crippen molar-refractivity contribution in [1.29, 1.82) is 0 Å². The van der Waals surface area contributed by atoms with Crippen molar-refractivity contribution in [1.82, 2.24) is 14.5 Å². The molecule has 1 aliphatic carbocycles. The number of aromatic nitrogens is 2. The third-order valence-electron chi connectivity index (χ3n) is 4.41. The highest BCUT2D eigenvalue weighted by Gasteiger charge is 2.37. The maximum Gasteiger partial charge on any atom is 0.244 e. The van der Waals surface area contributed by atoms with Crippen molar-refractivity contribution in [2.24, 2.45) is 5.73 Å². The van der Waals surface area contributed by atoms with Gasteiger partial charge in [0, 0.05) is 18.3 Å². The zero-order chi connectivity index (χ0) is 16.3. The second-order valence-electron chi connectivity index (χ2n) is 6.16. The summed E-state index contributed by atoms with van der Waals surface area (Å²) in [4.78, 5) is 0.188. The van der Waals surface area contributed by atoms with Crippen molar-refractivity contribution in [2.75, 3.05) is 6.54 Å². The fourth-order valence-electron chi connectivity index (χ4n) is 3.08. The van der Waals surface area contributed by atoms with E-state index in [2.05, 4.69) is 9.82 Å². The molecule has 0 atom stereocenters. The SMILES string of the molecule is Cl.NCC1(NS(=O)(=O)c2cnn(Cc3ccccc3)c2)CCCC1. The first kappa shape index (κ1) is 18.9. The lowest BCUT2D eigenvalue weighted by Crippen LogP contribution is -2.51. The summed E-state index contributed by atoms with van der Waals surface area (Å²) in [6.07, 6.45) is 6.56. The van der Waals surface area contributed by atoms with E-state index in [9.17, 15) is 8.42 Å². The maximum absolute atomic E-state index is 12.6. The molecular weight excluding hydrogens is 348 g/mol. The minimum absolute atomic E-state index is 0. The molecule has 1 aliphatic rings. The molecule has 6 nitrogen and oxygen atoms in total. The first-order valence-electron chi connectivity index (χ1n) is 7.83. The Balaban J connectivity index is 0.00000208. The van der Waals surface area contributed by atoms with Crippen LogP contribution in [0.5, 0.6) is 0 Å². The Bertz CT molecular complexity index is 755. The molecule has 0 unspecified atom stereocenters. The molecule has 0 spiro atoms. The molecule has 3 N–H and O–H groups in total. The van der Waals surface area contributed by atoms with E-state index >= 15 is 0 Å². The van der Waals surface area contributed by atoms with Crippen molar-refractivity contribution in [2.45, 2.75) is 42.7 Å². The summed E-state index contributed by atoms with van der Waals surface area (Å²) < 4.78 is 29.6. The van der Waals surface area contributed by atoms with Crippen LogP contribution in [0.25, 0.3) is 0 Å². The monoisotopic (exact) mass is 370 g/mol. The lowest BCUT2D eigenvalue weighted by molar-refractivity contribution is 0.399. The molecule has 0 bridgehead atoms. The van der Waals surface area contributed by atoms with Gasteiger partial charge in [-0.25, -0.2) is 13.1 Å². The standard InChI is InChI=1S/C16H22N4O2S.ClH/c17-13-16(8-4-5-9-16)19-23(21,22)15-10-18-20(12-15)11-14-6-2-1-3-7-14;/h1-3,6-7,10,12,19H,4-5,8-9,11,13,17H2;1H. The number of benzene rings is 1. The molecule has 132 valence electrons. The quantitative estimate of drug-likeness (QED) is 0.812. The van der Waals surface area contributed by atoms with Crippen LogP contribution in [-0.2, 0) is 16.6 Å². The molecule has 0 aliphatic heterocycles. The normalized spacial score (nSPS) is 16.7. The average Bonchev–Trinajstić information content (AvgIpc) is 3.18. The van der Waals surface area contributed by atoms with E-state index in [4.69, 9.17) is 5.73 Å². The number of hydrogen-bond donors (Lipinski definition) is 2. The summed E-state index contributed by atoms with van der Waals surface area (Å²) in [5.41, 5.74) is 6.39. The van der Waals surface area contributed by atoms with Crippen molar-refractivity contribution in [3.8, 4) is 0 Å². The van der Waals surface area contributed by atoms with E-state index in [0.717, 1.165) is 31.2 Å². The molecule has 1 saturated carbocycles. The van der Waals surface area contributed by atoms with Gasteiger partial charge in [0.15, 0.2) is 0 Å². The minimum atomic E-state index is -3.60. The van der Waals surface area contributed by atoms with Gasteiger partial charge in [0.25, 0.3) is 0 Å². The molecule has 3 rings (SSSR count). The van der Waals surface area contributed by atoms with Crippen LogP contribution in [0.4, 0.5) is 0 Å².